The van der Waals surface area contributed by atoms with Crippen molar-refractivity contribution in [2.75, 3.05) is 0 Å². The summed E-state index contributed by atoms with van der Waals surface area (Å²) in [6.07, 6.45) is 9.33. The summed E-state index contributed by atoms with van der Waals surface area (Å²) in [6.45, 7) is 0. The number of fused-ring (bicyclic) bond motifs is 9. The van der Waals surface area contributed by atoms with Crippen molar-refractivity contribution in [2.24, 2.45) is 0 Å². The van der Waals surface area contributed by atoms with Crippen molar-refractivity contribution in [2.45, 2.75) is 12.3 Å². The Hall–Kier alpha value is -7.15. The van der Waals surface area contributed by atoms with Gasteiger partial charge in [0.25, 0.3) is 0 Å². The molecule has 0 amide bonds. The highest BCUT2D eigenvalue weighted by Crippen LogP contribution is 2.47. The number of allylic oxidation sites excluding steroid dienone is 4. The molecule has 57 heavy (non-hydrogen) atoms. The Morgan fingerprint density at radius 1 is 0.526 bits per heavy atom. The molecule has 0 spiro atoms. The van der Waals surface area contributed by atoms with Crippen molar-refractivity contribution in [3.05, 3.63) is 182 Å². The van der Waals surface area contributed by atoms with Crippen LogP contribution in [0.25, 0.3) is 104 Å². The van der Waals surface area contributed by atoms with E-state index in [1.165, 1.54) is 53.2 Å². The Balaban J connectivity index is 1.10. The molecule has 0 saturated heterocycles. The fraction of sp³-hybridized carbons (Fsp3) is 0.0392. The molecule has 0 fully saturated rings. The molecule has 5 nitrogen and oxygen atoms in total. The molecule has 268 valence electrons. The maximum Gasteiger partial charge on any atom is 0.167 e. The van der Waals surface area contributed by atoms with Gasteiger partial charge in [0, 0.05) is 53.2 Å². The molecule has 0 saturated carbocycles. The monoisotopic (exact) mass is 748 g/mol. The summed E-state index contributed by atoms with van der Waals surface area (Å²) in [7, 11) is 0. The largest absolute Gasteiger partial charge is 0.455 e. The van der Waals surface area contributed by atoms with Crippen LogP contribution in [0.3, 0.4) is 0 Å². The normalized spacial score (nSPS) is 14.3. The standard InChI is InChI=1S/C51H32N4OS/c1-3-15-31(16-4-1)49-52-50(32-17-5-2-6-18-32)54-51(53-49)38-24-11-23-37-45-35(21-12-28-42(45)56-48(37)38)36-22-13-29-43-46(36)47-41(27-14-30-44(47)57-43)55-39-25-9-7-19-33(39)34-20-8-10-26-40(34)55/h1-17,19-30,32H,18H2. The van der Waals surface area contributed by atoms with Crippen molar-refractivity contribution >= 4 is 75.3 Å². The summed E-state index contributed by atoms with van der Waals surface area (Å²) >= 11 is 1.85. The van der Waals surface area contributed by atoms with Crippen LogP contribution in [0.4, 0.5) is 0 Å². The van der Waals surface area contributed by atoms with Gasteiger partial charge in [0.05, 0.1) is 22.3 Å². The Morgan fingerprint density at radius 2 is 1.18 bits per heavy atom. The molecule has 0 N–H and O–H groups in total. The smallest absolute Gasteiger partial charge is 0.167 e. The molecule has 4 heterocycles. The Morgan fingerprint density at radius 3 is 1.96 bits per heavy atom. The maximum absolute atomic E-state index is 6.86. The number of benzene rings is 7. The lowest BCUT2D eigenvalue weighted by molar-refractivity contribution is 0.669. The zero-order valence-corrected chi connectivity index (χ0v) is 31.4. The SMILES string of the molecule is C1=CCC(c2nc(-c3ccccc3)nc(-c3cccc4c3oc3cccc(-c5cccc6sc7cccc(-n8c9ccccc9c9ccccc98)c7c56)c34)n2)C=C1. The van der Waals surface area contributed by atoms with Gasteiger partial charge in [0.15, 0.2) is 11.6 Å². The first-order valence-corrected chi connectivity index (χ1v) is 20.1. The number of hydrogen-bond acceptors (Lipinski definition) is 5. The maximum atomic E-state index is 6.86. The van der Waals surface area contributed by atoms with Crippen molar-refractivity contribution in [1.29, 1.82) is 0 Å². The van der Waals surface area contributed by atoms with Crippen LogP contribution in [-0.2, 0) is 0 Å². The Bertz CT molecular complexity index is 3410. The van der Waals surface area contributed by atoms with Gasteiger partial charge in [-0.05, 0) is 60.0 Å². The van der Waals surface area contributed by atoms with Crippen LogP contribution in [0.1, 0.15) is 18.2 Å². The summed E-state index contributed by atoms with van der Waals surface area (Å²) < 4.78 is 11.8. The van der Waals surface area contributed by atoms with Crippen LogP contribution in [0.2, 0.25) is 0 Å². The Kier molecular flexibility index (Phi) is 7.16. The zero-order valence-electron chi connectivity index (χ0n) is 30.6. The first-order chi connectivity index (χ1) is 28.3. The van der Waals surface area contributed by atoms with E-state index in [0.29, 0.717) is 11.6 Å². The topological polar surface area (TPSA) is 56.7 Å². The van der Waals surface area contributed by atoms with Gasteiger partial charge >= 0.3 is 0 Å². The summed E-state index contributed by atoms with van der Waals surface area (Å²) in [5.41, 5.74) is 9.28. The van der Waals surface area contributed by atoms with Crippen LogP contribution in [0.5, 0.6) is 0 Å². The van der Waals surface area contributed by atoms with Gasteiger partial charge in [-0.15, -0.1) is 11.3 Å². The van der Waals surface area contributed by atoms with E-state index in [1.807, 2.05) is 29.5 Å². The molecule has 0 aliphatic heterocycles. The van der Waals surface area contributed by atoms with Crippen molar-refractivity contribution in [3.63, 3.8) is 0 Å². The molecular weight excluding hydrogens is 717 g/mol. The van der Waals surface area contributed by atoms with E-state index >= 15 is 0 Å². The van der Waals surface area contributed by atoms with Crippen molar-refractivity contribution < 1.29 is 4.42 Å². The average molecular weight is 749 g/mol. The van der Waals surface area contributed by atoms with Gasteiger partial charge < -0.3 is 8.98 Å². The predicted molar refractivity (Wildman–Crippen MR) is 236 cm³/mol. The fourth-order valence-electron chi connectivity index (χ4n) is 8.86. The number of furan rings is 1. The van der Waals surface area contributed by atoms with E-state index in [2.05, 4.69) is 162 Å². The van der Waals surface area contributed by atoms with Crippen LogP contribution < -0.4 is 0 Å². The molecule has 0 bridgehead atoms. The third kappa shape index (κ3) is 4.97. The first kappa shape index (κ1) is 32.1. The summed E-state index contributed by atoms with van der Waals surface area (Å²) in [6, 6.07) is 53.8. The van der Waals surface area contributed by atoms with Crippen LogP contribution in [0, 0.1) is 0 Å². The minimum absolute atomic E-state index is 0.0639. The van der Waals surface area contributed by atoms with E-state index in [9.17, 15) is 0 Å². The van der Waals surface area contributed by atoms with E-state index in [-0.39, 0.29) is 5.92 Å². The van der Waals surface area contributed by atoms with E-state index in [1.54, 1.807) is 0 Å². The summed E-state index contributed by atoms with van der Waals surface area (Å²) in [5, 5.41) is 7.11. The van der Waals surface area contributed by atoms with Gasteiger partial charge in [-0.3, -0.25) is 0 Å². The highest BCUT2D eigenvalue weighted by Gasteiger charge is 2.23. The molecule has 1 atom stereocenters. The second-order valence-corrected chi connectivity index (χ2v) is 15.7. The number of hydrogen-bond donors (Lipinski definition) is 0. The van der Waals surface area contributed by atoms with E-state index < -0.39 is 0 Å². The third-order valence-electron chi connectivity index (χ3n) is 11.4. The number of para-hydroxylation sites is 3. The highest BCUT2D eigenvalue weighted by atomic mass is 32.1. The molecule has 4 aromatic heterocycles. The molecule has 11 aromatic rings. The van der Waals surface area contributed by atoms with Crippen LogP contribution in [0.15, 0.2) is 180 Å². The van der Waals surface area contributed by atoms with Crippen molar-refractivity contribution in [1.82, 2.24) is 19.5 Å². The first-order valence-electron chi connectivity index (χ1n) is 19.3. The molecule has 0 radical (unpaired) electrons. The third-order valence-corrected chi connectivity index (χ3v) is 12.5. The molecule has 6 heteroatoms. The highest BCUT2D eigenvalue weighted by molar-refractivity contribution is 7.26. The number of nitrogens with zero attached hydrogens (tertiary/aromatic N) is 4. The van der Waals surface area contributed by atoms with Gasteiger partial charge in [-0.2, -0.15) is 0 Å². The lowest BCUT2D eigenvalue weighted by atomic mass is 9.94. The minimum atomic E-state index is 0.0639. The minimum Gasteiger partial charge on any atom is -0.455 e. The summed E-state index contributed by atoms with van der Waals surface area (Å²) in [5.74, 6) is 2.08. The lowest BCUT2D eigenvalue weighted by Gasteiger charge is -2.14. The molecular formula is C51H32N4OS. The predicted octanol–water partition coefficient (Wildman–Crippen LogP) is 13.8. The fourth-order valence-corrected chi connectivity index (χ4v) is 10.0. The van der Waals surface area contributed by atoms with Gasteiger partial charge in [0.1, 0.15) is 17.0 Å². The summed E-state index contributed by atoms with van der Waals surface area (Å²) in [4.78, 5) is 15.2. The average Bonchev–Trinajstić information content (AvgIpc) is 3.97. The second kappa shape index (κ2) is 12.7. The lowest BCUT2D eigenvalue weighted by Crippen LogP contribution is -2.07. The van der Waals surface area contributed by atoms with Crippen molar-refractivity contribution in [3.8, 4) is 39.6 Å². The molecule has 12 rings (SSSR count). The number of rotatable bonds is 5. The van der Waals surface area contributed by atoms with Gasteiger partial charge in [0.2, 0.25) is 0 Å². The van der Waals surface area contributed by atoms with Gasteiger partial charge in [-0.1, -0.05) is 133 Å². The zero-order chi connectivity index (χ0) is 37.5. The molecule has 1 aliphatic rings. The van der Waals surface area contributed by atoms with Gasteiger partial charge in [-0.25, -0.2) is 15.0 Å². The Labute approximate surface area is 331 Å². The van der Waals surface area contributed by atoms with Crippen LogP contribution in [-0.4, -0.2) is 19.5 Å². The second-order valence-electron chi connectivity index (χ2n) is 14.6. The quantitative estimate of drug-likeness (QED) is 0.176. The van der Waals surface area contributed by atoms with Crippen LogP contribution >= 0.6 is 11.3 Å². The number of aromatic nitrogens is 4. The molecule has 1 unspecified atom stereocenters. The number of thiophene rings is 1. The molecule has 1 aliphatic carbocycles. The molecule has 7 aromatic carbocycles. The van der Waals surface area contributed by atoms with E-state index in [0.717, 1.165) is 50.9 Å². The van der Waals surface area contributed by atoms with E-state index in [4.69, 9.17) is 19.4 Å².